The number of rotatable bonds is 9. The molecule has 4 rings (SSSR count). The van der Waals surface area contributed by atoms with E-state index in [4.69, 9.17) is 9.15 Å². The predicted octanol–water partition coefficient (Wildman–Crippen LogP) is 0.964. The van der Waals surface area contributed by atoms with Crippen molar-refractivity contribution in [2.24, 2.45) is 0 Å². The first-order valence-electron chi connectivity index (χ1n) is 10.1. The summed E-state index contributed by atoms with van der Waals surface area (Å²) < 4.78 is 14.3. The van der Waals surface area contributed by atoms with Crippen LogP contribution in [-0.2, 0) is 35.7 Å². The zero-order valence-corrected chi connectivity index (χ0v) is 17.6. The largest absolute Gasteiger partial charge is 0.467 e. The molecule has 0 atom stereocenters. The molecule has 0 aliphatic heterocycles. The van der Waals surface area contributed by atoms with E-state index in [1.165, 1.54) is 17.2 Å². The summed E-state index contributed by atoms with van der Waals surface area (Å²) >= 11 is 0. The SMILES string of the molecule is COCCn1cnc2c1c(=O)n(CC(=O)NCc1ccco1)c(=O)n2Cc1ccccc1. The molecule has 3 heterocycles. The van der Waals surface area contributed by atoms with Crippen LogP contribution in [0.5, 0.6) is 0 Å². The summed E-state index contributed by atoms with van der Waals surface area (Å²) in [7, 11) is 1.56. The minimum Gasteiger partial charge on any atom is -0.467 e. The Morgan fingerprint density at radius 1 is 1.12 bits per heavy atom. The summed E-state index contributed by atoms with van der Waals surface area (Å²) in [5, 5.41) is 2.66. The first kappa shape index (κ1) is 21.3. The van der Waals surface area contributed by atoms with Crippen LogP contribution in [0, 0.1) is 0 Å². The minimum atomic E-state index is -0.600. The van der Waals surface area contributed by atoms with Crippen molar-refractivity contribution >= 4 is 17.1 Å². The van der Waals surface area contributed by atoms with Crippen LogP contribution in [0.25, 0.3) is 11.2 Å². The fraction of sp³-hybridized carbons (Fsp3) is 0.273. The van der Waals surface area contributed by atoms with E-state index in [0.717, 1.165) is 10.1 Å². The van der Waals surface area contributed by atoms with Gasteiger partial charge in [-0.1, -0.05) is 30.3 Å². The van der Waals surface area contributed by atoms with E-state index in [-0.39, 0.29) is 24.3 Å². The number of aromatic nitrogens is 4. The lowest BCUT2D eigenvalue weighted by molar-refractivity contribution is -0.122. The molecule has 0 saturated heterocycles. The number of benzene rings is 1. The molecule has 1 aromatic carbocycles. The quantitative estimate of drug-likeness (QED) is 0.417. The highest BCUT2D eigenvalue weighted by atomic mass is 16.5. The number of imidazole rings is 1. The van der Waals surface area contributed by atoms with Gasteiger partial charge in [0.15, 0.2) is 11.2 Å². The van der Waals surface area contributed by atoms with Crippen LogP contribution < -0.4 is 16.6 Å². The maximum atomic E-state index is 13.3. The van der Waals surface area contributed by atoms with Gasteiger partial charge in [-0.05, 0) is 17.7 Å². The molecule has 0 unspecified atom stereocenters. The van der Waals surface area contributed by atoms with Gasteiger partial charge < -0.3 is 19.0 Å². The zero-order valence-electron chi connectivity index (χ0n) is 17.6. The Kier molecular flexibility index (Phi) is 6.31. The van der Waals surface area contributed by atoms with E-state index < -0.39 is 23.7 Å². The number of hydrogen-bond donors (Lipinski definition) is 1. The van der Waals surface area contributed by atoms with Crippen LogP contribution in [0.2, 0.25) is 0 Å². The third-order valence-electron chi connectivity index (χ3n) is 5.05. The predicted molar refractivity (Wildman–Crippen MR) is 116 cm³/mol. The van der Waals surface area contributed by atoms with Crippen molar-refractivity contribution in [3.8, 4) is 0 Å². The molecule has 3 aromatic heterocycles. The van der Waals surface area contributed by atoms with Crippen LogP contribution in [0.4, 0.5) is 0 Å². The monoisotopic (exact) mass is 437 g/mol. The van der Waals surface area contributed by atoms with Gasteiger partial charge in [0.25, 0.3) is 5.56 Å². The van der Waals surface area contributed by atoms with Gasteiger partial charge in [0.05, 0.1) is 32.3 Å². The molecule has 0 radical (unpaired) electrons. The number of nitrogens with one attached hydrogen (secondary N) is 1. The number of carbonyl (C=O) groups excluding carboxylic acids is 1. The number of carbonyl (C=O) groups is 1. The normalized spacial score (nSPS) is 11.2. The van der Waals surface area contributed by atoms with Gasteiger partial charge in [0.1, 0.15) is 12.3 Å². The van der Waals surface area contributed by atoms with Crippen LogP contribution in [0.15, 0.2) is 69.1 Å². The van der Waals surface area contributed by atoms with Crippen LogP contribution >= 0.6 is 0 Å². The van der Waals surface area contributed by atoms with E-state index in [0.29, 0.717) is 18.9 Å². The van der Waals surface area contributed by atoms with Gasteiger partial charge in [-0.25, -0.2) is 14.3 Å². The summed E-state index contributed by atoms with van der Waals surface area (Å²) in [5.74, 6) is 0.0921. The molecule has 0 saturated carbocycles. The maximum Gasteiger partial charge on any atom is 0.333 e. The third kappa shape index (κ3) is 4.40. The van der Waals surface area contributed by atoms with Crippen molar-refractivity contribution in [2.45, 2.75) is 26.2 Å². The Labute approximate surface area is 182 Å². The Morgan fingerprint density at radius 3 is 2.66 bits per heavy atom. The summed E-state index contributed by atoms with van der Waals surface area (Å²) in [5.41, 5.74) is 0.214. The topological polar surface area (TPSA) is 113 Å². The van der Waals surface area contributed by atoms with Crippen molar-refractivity contribution < 1.29 is 13.9 Å². The molecule has 0 bridgehead atoms. The Hall–Kier alpha value is -3.92. The summed E-state index contributed by atoms with van der Waals surface area (Å²) in [6, 6.07) is 12.8. The van der Waals surface area contributed by atoms with E-state index >= 15 is 0 Å². The Morgan fingerprint density at radius 2 is 1.94 bits per heavy atom. The first-order valence-corrected chi connectivity index (χ1v) is 10.1. The van der Waals surface area contributed by atoms with Gasteiger partial charge in [-0.2, -0.15) is 0 Å². The molecule has 32 heavy (non-hydrogen) atoms. The molecular formula is C22H23N5O5. The molecule has 4 aromatic rings. The number of hydrogen-bond acceptors (Lipinski definition) is 6. The highest BCUT2D eigenvalue weighted by Gasteiger charge is 2.20. The highest BCUT2D eigenvalue weighted by molar-refractivity contribution is 5.76. The molecule has 0 fully saturated rings. The molecule has 166 valence electrons. The lowest BCUT2D eigenvalue weighted by Gasteiger charge is -2.13. The van der Waals surface area contributed by atoms with E-state index in [2.05, 4.69) is 10.3 Å². The van der Waals surface area contributed by atoms with Gasteiger partial charge in [-0.15, -0.1) is 0 Å². The second-order valence-electron chi connectivity index (χ2n) is 7.20. The Balaban J connectivity index is 1.74. The fourth-order valence-electron chi connectivity index (χ4n) is 3.44. The summed E-state index contributed by atoms with van der Waals surface area (Å²) in [6.07, 6.45) is 3.01. The second kappa shape index (κ2) is 9.48. The molecule has 10 nitrogen and oxygen atoms in total. The maximum absolute atomic E-state index is 13.3. The third-order valence-corrected chi connectivity index (χ3v) is 5.05. The van der Waals surface area contributed by atoms with E-state index in [9.17, 15) is 14.4 Å². The smallest absolute Gasteiger partial charge is 0.333 e. The summed E-state index contributed by atoms with van der Waals surface area (Å²) in [6.45, 7) is 0.708. The standard InChI is InChI=1S/C22H23N5O5/c1-31-11-9-25-15-24-20-19(25)21(29)27(14-18(28)23-12-17-8-5-10-32-17)22(30)26(20)13-16-6-3-2-4-7-16/h2-8,10,15H,9,11-14H2,1H3,(H,23,28). The van der Waals surface area contributed by atoms with Crippen molar-refractivity contribution in [1.29, 1.82) is 0 Å². The van der Waals surface area contributed by atoms with Crippen molar-refractivity contribution in [1.82, 2.24) is 24.0 Å². The Bertz CT molecular complexity index is 1320. The highest BCUT2D eigenvalue weighted by Crippen LogP contribution is 2.10. The average Bonchev–Trinajstić information content (AvgIpc) is 3.47. The second-order valence-corrected chi connectivity index (χ2v) is 7.20. The molecule has 1 amide bonds. The van der Waals surface area contributed by atoms with Crippen molar-refractivity contribution in [3.63, 3.8) is 0 Å². The zero-order chi connectivity index (χ0) is 22.5. The lowest BCUT2D eigenvalue weighted by atomic mass is 10.2. The lowest BCUT2D eigenvalue weighted by Crippen LogP contribution is -2.44. The van der Waals surface area contributed by atoms with E-state index in [1.54, 1.807) is 23.8 Å². The molecule has 0 aliphatic rings. The number of amides is 1. The average molecular weight is 437 g/mol. The van der Waals surface area contributed by atoms with Crippen molar-refractivity contribution in [3.05, 3.63) is 87.2 Å². The summed E-state index contributed by atoms with van der Waals surface area (Å²) in [4.78, 5) is 43.3. The van der Waals surface area contributed by atoms with Gasteiger partial charge >= 0.3 is 5.69 Å². The van der Waals surface area contributed by atoms with Crippen LogP contribution in [0.1, 0.15) is 11.3 Å². The minimum absolute atomic E-state index is 0.160. The number of furan rings is 1. The number of ether oxygens (including phenoxy) is 1. The van der Waals surface area contributed by atoms with Crippen LogP contribution in [-0.4, -0.2) is 38.3 Å². The fourth-order valence-corrected chi connectivity index (χ4v) is 3.44. The van der Waals surface area contributed by atoms with Gasteiger partial charge in [-0.3, -0.25) is 14.2 Å². The molecule has 10 heteroatoms. The van der Waals surface area contributed by atoms with E-state index in [1.807, 2.05) is 30.3 Å². The molecule has 1 N–H and O–H groups in total. The first-order chi connectivity index (χ1) is 15.6. The number of fused-ring (bicyclic) bond motifs is 1. The number of methoxy groups -OCH3 is 1. The van der Waals surface area contributed by atoms with Gasteiger partial charge in [0, 0.05) is 13.7 Å². The van der Waals surface area contributed by atoms with Gasteiger partial charge in [0.2, 0.25) is 5.91 Å². The molecule has 0 spiro atoms. The van der Waals surface area contributed by atoms with Crippen molar-refractivity contribution in [2.75, 3.05) is 13.7 Å². The molecule has 0 aliphatic carbocycles. The number of nitrogens with zero attached hydrogens (tertiary/aromatic N) is 4. The molecular weight excluding hydrogens is 414 g/mol. The van der Waals surface area contributed by atoms with Crippen LogP contribution in [0.3, 0.4) is 0 Å².